The molecule has 0 aliphatic heterocycles. The number of aromatic nitrogens is 2. The molecular formula is C13H12N4S. The van der Waals surface area contributed by atoms with Gasteiger partial charge in [0.05, 0.1) is 11.2 Å². The van der Waals surface area contributed by atoms with E-state index in [1.165, 1.54) is 0 Å². The molecule has 2 heterocycles. The first-order valence-electron chi connectivity index (χ1n) is 5.60. The molecule has 0 bridgehead atoms. The molecule has 0 fully saturated rings. The van der Waals surface area contributed by atoms with Crippen molar-refractivity contribution in [3.05, 3.63) is 41.1 Å². The first-order chi connectivity index (χ1) is 8.86. The van der Waals surface area contributed by atoms with Crippen LogP contribution < -0.4 is 10.6 Å². The number of para-hydroxylation sites is 1. The van der Waals surface area contributed by atoms with Gasteiger partial charge in [0, 0.05) is 17.8 Å². The summed E-state index contributed by atoms with van der Waals surface area (Å²) in [4.78, 5) is 8.89. The van der Waals surface area contributed by atoms with Gasteiger partial charge >= 0.3 is 0 Å². The maximum absolute atomic E-state index is 4.47. The fraction of sp³-hybridized carbons (Fsp3) is 0.0769. The van der Waals surface area contributed by atoms with Crippen LogP contribution in [-0.4, -0.2) is 17.0 Å². The molecule has 2 N–H and O–H groups in total. The molecule has 0 saturated heterocycles. The number of fused-ring (bicyclic) bond motifs is 1. The Balaban J connectivity index is 2.13. The monoisotopic (exact) mass is 256 g/mol. The molecule has 90 valence electrons. The summed E-state index contributed by atoms with van der Waals surface area (Å²) in [5.41, 5.74) is 1.97. The fourth-order valence-corrected chi connectivity index (χ4v) is 2.34. The summed E-state index contributed by atoms with van der Waals surface area (Å²) < 4.78 is 0. The van der Waals surface area contributed by atoms with E-state index in [1.54, 1.807) is 11.3 Å². The first-order valence-corrected chi connectivity index (χ1v) is 6.55. The van der Waals surface area contributed by atoms with Crippen LogP contribution in [0, 0.1) is 0 Å². The van der Waals surface area contributed by atoms with E-state index >= 15 is 0 Å². The quantitative estimate of drug-likeness (QED) is 0.753. The van der Waals surface area contributed by atoms with Crippen LogP contribution in [0.2, 0.25) is 0 Å². The van der Waals surface area contributed by atoms with Gasteiger partial charge in [0.25, 0.3) is 0 Å². The molecule has 18 heavy (non-hydrogen) atoms. The zero-order valence-electron chi connectivity index (χ0n) is 9.84. The van der Waals surface area contributed by atoms with Crippen molar-refractivity contribution < 1.29 is 0 Å². The molecule has 3 rings (SSSR count). The molecule has 5 heteroatoms. The van der Waals surface area contributed by atoms with Crippen molar-refractivity contribution >= 4 is 39.7 Å². The number of benzene rings is 1. The Bertz CT molecular complexity index is 664. The van der Waals surface area contributed by atoms with Crippen LogP contribution >= 0.6 is 11.3 Å². The molecule has 0 amide bonds. The van der Waals surface area contributed by atoms with Gasteiger partial charge in [-0.1, -0.05) is 12.1 Å². The minimum Gasteiger partial charge on any atom is -0.357 e. The van der Waals surface area contributed by atoms with Crippen LogP contribution in [0.1, 0.15) is 0 Å². The van der Waals surface area contributed by atoms with Gasteiger partial charge in [-0.3, -0.25) is 0 Å². The lowest BCUT2D eigenvalue weighted by atomic mass is 10.2. The number of nitrogens with one attached hydrogen (secondary N) is 2. The minimum atomic E-state index is 0.617. The third kappa shape index (κ3) is 2.00. The predicted octanol–water partition coefficient (Wildman–Crippen LogP) is 3.48. The smallest absolute Gasteiger partial charge is 0.224 e. The summed E-state index contributed by atoms with van der Waals surface area (Å²) in [5, 5.41) is 11.4. The van der Waals surface area contributed by atoms with Crippen LogP contribution in [0.5, 0.6) is 0 Å². The molecule has 0 atom stereocenters. The van der Waals surface area contributed by atoms with Gasteiger partial charge in [-0.25, -0.2) is 4.98 Å². The van der Waals surface area contributed by atoms with Crippen LogP contribution in [0.4, 0.5) is 17.5 Å². The van der Waals surface area contributed by atoms with E-state index in [0.717, 1.165) is 22.4 Å². The Morgan fingerprint density at radius 2 is 2.00 bits per heavy atom. The van der Waals surface area contributed by atoms with Crippen LogP contribution in [0.15, 0.2) is 41.1 Å². The predicted molar refractivity (Wildman–Crippen MR) is 76.7 cm³/mol. The van der Waals surface area contributed by atoms with Crippen molar-refractivity contribution in [2.24, 2.45) is 0 Å². The number of nitrogens with zero attached hydrogens (tertiary/aromatic N) is 2. The van der Waals surface area contributed by atoms with Crippen molar-refractivity contribution in [1.82, 2.24) is 9.97 Å². The molecule has 0 aliphatic rings. The molecule has 1 aromatic carbocycles. The van der Waals surface area contributed by atoms with Gasteiger partial charge < -0.3 is 10.6 Å². The van der Waals surface area contributed by atoms with E-state index in [-0.39, 0.29) is 0 Å². The summed E-state index contributed by atoms with van der Waals surface area (Å²) in [5.74, 6) is 1.44. The van der Waals surface area contributed by atoms with Gasteiger partial charge in [-0.15, -0.1) is 0 Å². The molecule has 3 aromatic rings. The van der Waals surface area contributed by atoms with Gasteiger partial charge in [-0.05, 0) is 23.6 Å². The lowest BCUT2D eigenvalue weighted by Gasteiger charge is -2.09. The number of rotatable bonds is 3. The molecule has 0 radical (unpaired) electrons. The van der Waals surface area contributed by atoms with Crippen molar-refractivity contribution in [2.75, 3.05) is 17.7 Å². The number of hydrogen-bond donors (Lipinski definition) is 2. The van der Waals surface area contributed by atoms with E-state index in [1.807, 2.05) is 42.8 Å². The first kappa shape index (κ1) is 11.0. The maximum atomic E-state index is 4.47. The summed E-state index contributed by atoms with van der Waals surface area (Å²) in [7, 11) is 1.82. The minimum absolute atomic E-state index is 0.617. The van der Waals surface area contributed by atoms with Crippen LogP contribution in [0.25, 0.3) is 10.9 Å². The lowest BCUT2D eigenvalue weighted by Crippen LogP contribution is -2.01. The average Bonchev–Trinajstić information content (AvgIpc) is 2.91. The Kier molecular flexibility index (Phi) is 2.82. The molecule has 0 spiro atoms. The van der Waals surface area contributed by atoms with Gasteiger partial charge in [0.1, 0.15) is 5.82 Å². The Morgan fingerprint density at radius 3 is 2.78 bits per heavy atom. The Morgan fingerprint density at radius 1 is 1.11 bits per heavy atom. The van der Waals surface area contributed by atoms with E-state index in [0.29, 0.717) is 5.95 Å². The van der Waals surface area contributed by atoms with Gasteiger partial charge in [-0.2, -0.15) is 16.3 Å². The summed E-state index contributed by atoms with van der Waals surface area (Å²) in [6.45, 7) is 0. The average molecular weight is 256 g/mol. The highest BCUT2D eigenvalue weighted by molar-refractivity contribution is 7.08. The number of anilines is 3. The fourth-order valence-electron chi connectivity index (χ4n) is 1.76. The second-order valence-corrected chi connectivity index (χ2v) is 4.58. The highest BCUT2D eigenvalue weighted by atomic mass is 32.1. The summed E-state index contributed by atoms with van der Waals surface area (Å²) >= 11 is 1.65. The van der Waals surface area contributed by atoms with Crippen molar-refractivity contribution in [3.8, 4) is 0 Å². The van der Waals surface area contributed by atoms with Gasteiger partial charge in [0.15, 0.2) is 0 Å². The molecule has 4 nitrogen and oxygen atoms in total. The highest BCUT2D eigenvalue weighted by Crippen LogP contribution is 2.25. The largest absolute Gasteiger partial charge is 0.357 e. The van der Waals surface area contributed by atoms with Crippen LogP contribution in [0.3, 0.4) is 0 Å². The molecule has 0 unspecified atom stereocenters. The van der Waals surface area contributed by atoms with E-state index in [4.69, 9.17) is 0 Å². The van der Waals surface area contributed by atoms with Crippen molar-refractivity contribution in [3.63, 3.8) is 0 Å². The normalized spacial score (nSPS) is 10.5. The zero-order chi connectivity index (χ0) is 12.4. The number of thiophene rings is 1. The summed E-state index contributed by atoms with van der Waals surface area (Å²) in [6, 6.07) is 9.99. The van der Waals surface area contributed by atoms with Crippen molar-refractivity contribution in [1.29, 1.82) is 0 Å². The third-order valence-electron chi connectivity index (χ3n) is 2.61. The molecule has 0 saturated carbocycles. The van der Waals surface area contributed by atoms with Crippen molar-refractivity contribution in [2.45, 2.75) is 0 Å². The molecular weight excluding hydrogens is 244 g/mol. The Labute approximate surface area is 109 Å². The van der Waals surface area contributed by atoms with Gasteiger partial charge in [0.2, 0.25) is 5.95 Å². The van der Waals surface area contributed by atoms with E-state index < -0.39 is 0 Å². The topological polar surface area (TPSA) is 49.8 Å². The van der Waals surface area contributed by atoms with E-state index in [9.17, 15) is 0 Å². The standard InChI is InChI=1S/C13H12N4S/c1-14-13-16-11-5-3-2-4-10(11)12(17-13)15-9-6-7-18-8-9/h2-8H,1H3,(H2,14,15,16,17). The van der Waals surface area contributed by atoms with E-state index in [2.05, 4.69) is 26.0 Å². The zero-order valence-corrected chi connectivity index (χ0v) is 10.7. The molecule has 0 aliphatic carbocycles. The molecule has 2 aromatic heterocycles. The number of hydrogen-bond acceptors (Lipinski definition) is 5. The SMILES string of the molecule is CNc1nc(Nc2ccsc2)c2ccccc2n1. The lowest BCUT2D eigenvalue weighted by molar-refractivity contribution is 1.19. The second-order valence-electron chi connectivity index (χ2n) is 3.80. The highest BCUT2D eigenvalue weighted by Gasteiger charge is 2.06. The Hall–Kier alpha value is -2.14. The maximum Gasteiger partial charge on any atom is 0.224 e. The third-order valence-corrected chi connectivity index (χ3v) is 3.29. The van der Waals surface area contributed by atoms with Crippen LogP contribution in [-0.2, 0) is 0 Å². The second kappa shape index (κ2) is 4.62. The summed E-state index contributed by atoms with van der Waals surface area (Å²) in [6.07, 6.45) is 0.